The van der Waals surface area contributed by atoms with Gasteiger partial charge >= 0.3 is 0 Å². The van der Waals surface area contributed by atoms with Crippen LogP contribution in [0.3, 0.4) is 0 Å². The highest BCUT2D eigenvalue weighted by Gasteiger charge is 2.47. The minimum atomic E-state index is -1.51. The van der Waals surface area contributed by atoms with E-state index in [1.807, 2.05) is 0 Å². The monoisotopic (exact) mass is 484 g/mol. The summed E-state index contributed by atoms with van der Waals surface area (Å²) in [6.45, 7) is 2.20. The van der Waals surface area contributed by atoms with Crippen molar-refractivity contribution in [3.63, 3.8) is 0 Å². The lowest BCUT2D eigenvalue weighted by atomic mass is 9.89. The molecule has 13 heteroatoms. The summed E-state index contributed by atoms with van der Waals surface area (Å²) in [4.78, 5) is 0. The van der Waals surface area contributed by atoms with Gasteiger partial charge in [0.25, 0.3) is 0 Å². The number of aliphatic hydroxyl groups excluding tert-OH is 8. The van der Waals surface area contributed by atoms with Crippen LogP contribution in [-0.4, -0.2) is 141 Å². The number of rotatable bonds is 7. The van der Waals surface area contributed by atoms with Crippen molar-refractivity contribution in [3.8, 4) is 0 Å². The molecule has 8 N–H and O–H groups in total. The van der Waals surface area contributed by atoms with Gasteiger partial charge in [-0.3, -0.25) is 0 Å². The molecule has 3 heterocycles. The van der Waals surface area contributed by atoms with Gasteiger partial charge in [0.15, 0.2) is 12.6 Å². The van der Waals surface area contributed by atoms with Gasteiger partial charge in [0.1, 0.15) is 30.5 Å². The fraction of sp³-hybridized carbons (Fsp3) is 1.00. The molecule has 3 fully saturated rings. The zero-order valence-electron chi connectivity index (χ0n) is 18.5. The minimum absolute atomic E-state index is 0.0950. The van der Waals surface area contributed by atoms with Crippen molar-refractivity contribution in [2.24, 2.45) is 11.8 Å². The Morgan fingerprint density at radius 3 is 1.82 bits per heavy atom. The van der Waals surface area contributed by atoms with Crippen molar-refractivity contribution in [1.29, 1.82) is 0 Å². The van der Waals surface area contributed by atoms with Crippen molar-refractivity contribution < 1.29 is 64.5 Å². The Hall–Kier alpha value is -0.520. The Balaban J connectivity index is 1.53. The standard InChI is InChI=1S/C20H36O13/c1-7-9(4-30-20-18(28)16(26)13(23)8(2)33-20)15(25)17(27)19(32-7)31-5-10-11(22)6-29-12(3-21)14(10)24/h7-28H,3-6H2,1-2H3. The maximum absolute atomic E-state index is 10.6. The first-order chi connectivity index (χ1) is 15.6. The smallest absolute Gasteiger partial charge is 0.186 e. The maximum atomic E-state index is 10.6. The number of hydrogen-bond acceptors (Lipinski definition) is 13. The van der Waals surface area contributed by atoms with Gasteiger partial charge in [-0.1, -0.05) is 0 Å². The van der Waals surface area contributed by atoms with Crippen molar-refractivity contribution in [2.75, 3.05) is 26.4 Å². The molecule has 0 amide bonds. The third-order valence-electron chi connectivity index (χ3n) is 6.71. The zero-order valence-corrected chi connectivity index (χ0v) is 18.5. The lowest BCUT2D eigenvalue weighted by molar-refractivity contribution is -0.318. The summed E-state index contributed by atoms with van der Waals surface area (Å²) in [6, 6.07) is 0. The first kappa shape index (κ1) is 27.1. The molecule has 194 valence electrons. The summed E-state index contributed by atoms with van der Waals surface area (Å²) in [7, 11) is 0. The van der Waals surface area contributed by atoms with E-state index in [2.05, 4.69) is 0 Å². The van der Waals surface area contributed by atoms with Crippen molar-refractivity contribution in [1.82, 2.24) is 0 Å². The first-order valence-electron chi connectivity index (χ1n) is 11.1. The van der Waals surface area contributed by atoms with E-state index in [0.717, 1.165) is 0 Å². The normalized spacial score (nSPS) is 51.5. The van der Waals surface area contributed by atoms with Crippen LogP contribution >= 0.6 is 0 Å². The molecule has 14 unspecified atom stereocenters. The van der Waals surface area contributed by atoms with E-state index in [9.17, 15) is 40.9 Å². The fourth-order valence-corrected chi connectivity index (χ4v) is 4.34. The van der Waals surface area contributed by atoms with Gasteiger partial charge < -0.3 is 64.5 Å². The lowest BCUT2D eigenvalue weighted by Gasteiger charge is -2.44. The van der Waals surface area contributed by atoms with Crippen LogP contribution in [0.15, 0.2) is 0 Å². The summed E-state index contributed by atoms with van der Waals surface area (Å²) in [5, 5.41) is 80.4. The molecule has 3 saturated heterocycles. The van der Waals surface area contributed by atoms with Gasteiger partial charge in [-0.15, -0.1) is 0 Å². The Morgan fingerprint density at radius 2 is 1.21 bits per heavy atom. The van der Waals surface area contributed by atoms with E-state index in [1.54, 1.807) is 6.92 Å². The second-order valence-electron chi connectivity index (χ2n) is 8.98. The summed E-state index contributed by atoms with van der Waals surface area (Å²) >= 11 is 0. The van der Waals surface area contributed by atoms with E-state index in [4.69, 9.17) is 23.7 Å². The second-order valence-corrected chi connectivity index (χ2v) is 8.98. The highest BCUT2D eigenvalue weighted by molar-refractivity contribution is 4.91. The van der Waals surface area contributed by atoms with Crippen molar-refractivity contribution in [3.05, 3.63) is 0 Å². The predicted molar refractivity (Wildman–Crippen MR) is 106 cm³/mol. The topological polar surface area (TPSA) is 208 Å². The minimum Gasteiger partial charge on any atom is -0.394 e. The summed E-state index contributed by atoms with van der Waals surface area (Å²) < 4.78 is 27.3. The van der Waals surface area contributed by atoms with Gasteiger partial charge in [-0.2, -0.15) is 0 Å². The molecule has 0 aromatic heterocycles. The largest absolute Gasteiger partial charge is 0.394 e. The molecule has 0 saturated carbocycles. The number of aliphatic hydroxyl groups is 8. The van der Waals surface area contributed by atoms with Crippen LogP contribution in [0.4, 0.5) is 0 Å². The quantitative estimate of drug-likeness (QED) is 0.172. The van der Waals surface area contributed by atoms with Gasteiger partial charge in [0.05, 0.1) is 56.9 Å². The van der Waals surface area contributed by atoms with E-state index >= 15 is 0 Å². The third-order valence-corrected chi connectivity index (χ3v) is 6.71. The van der Waals surface area contributed by atoms with Crippen LogP contribution in [-0.2, 0) is 23.7 Å². The molecule has 33 heavy (non-hydrogen) atoms. The lowest BCUT2D eigenvalue weighted by Crippen LogP contribution is -2.59. The SMILES string of the molecule is CC1OC(OCC2C(C)OC(OCC3C(O)COC(CO)C3O)C(O)C2O)C(O)C(O)C1O. The Bertz CT molecular complexity index is 611. The molecule has 0 bridgehead atoms. The molecular weight excluding hydrogens is 448 g/mol. The molecule has 0 spiro atoms. The Morgan fingerprint density at radius 1 is 0.667 bits per heavy atom. The molecule has 13 nitrogen and oxygen atoms in total. The average molecular weight is 484 g/mol. The highest BCUT2D eigenvalue weighted by Crippen LogP contribution is 2.30. The van der Waals surface area contributed by atoms with Gasteiger partial charge in [0, 0.05) is 11.8 Å². The first-order valence-corrected chi connectivity index (χ1v) is 11.1. The average Bonchev–Trinajstić information content (AvgIpc) is 2.78. The molecule has 3 aliphatic rings. The van der Waals surface area contributed by atoms with Crippen LogP contribution in [0.2, 0.25) is 0 Å². The summed E-state index contributed by atoms with van der Waals surface area (Å²) in [5.74, 6) is -1.54. The Kier molecular flexibility index (Phi) is 9.42. The van der Waals surface area contributed by atoms with Gasteiger partial charge in [0.2, 0.25) is 0 Å². The van der Waals surface area contributed by atoms with Crippen LogP contribution in [0, 0.1) is 11.8 Å². The fourth-order valence-electron chi connectivity index (χ4n) is 4.34. The molecule has 3 rings (SSSR count). The Labute approximate surface area is 191 Å². The van der Waals surface area contributed by atoms with Crippen LogP contribution in [0.5, 0.6) is 0 Å². The van der Waals surface area contributed by atoms with Crippen molar-refractivity contribution in [2.45, 2.75) is 87.5 Å². The van der Waals surface area contributed by atoms with Crippen LogP contribution < -0.4 is 0 Å². The van der Waals surface area contributed by atoms with E-state index < -0.39 is 92.1 Å². The van der Waals surface area contributed by atoms with E-state index in [0.29, 0.717) is 0 Å². The molecule has 0 aromatic carbocycles. The van der Waals surface area contributed by atoms with Crippen LogP contribution in [0.1, 0.15) is 13.8 Å². The number of hydrogen-bond donors (Lipinski definition) is 8. The van der Waals surface area contributed by atoms with E-state index in [-0.39, 0.29) is 19.8 Å². The summed E-state index contributed by atoms with van der Waals surface area (Å²) in [6.07, 6.45) is -14.2. The predicted octanol–water partition coefficient (Wildman–Crippen LogP) is -4.34. The molecule has 0 aliphatic carbocycles. The number of ether oxygens (including phenoxy) is 5. The molecule has 0 aromatic rings. The molecule has 3 aliphatic heterocycles. The highest BCUT2D eigenvalue weighted by atomic mass is 16.7. The molecular formula is C20H36O13. The third kappa shape index (κ3) is 5.83. The summed E-state index contributed by atoms with van der Waals surface area (Å²) in [5.41, 5.74) is 0. The van der Waals surface area contributed by atoms with Crippen molar-refractivity contribution >= 4 is 0 Å². The van der Waals surface area contributed by atoms with E-state index in [1.165, 1.54) is 6.92 Å². The molecule has 0 radical (unpaired) electrons. The van der Waals surface area contributed by atoms with Gasteiger partial charge in [-0.25, -0.2) is 0 Å². The molecule has 14 atom stereocenters. The maximum Gasteiger partial charge on any atom is 0.186 e. The zero-order chi connectivity index (χ0) is 24.4. The van der Waals surface area contributed by atoms with Crippen LogP contribution in [0.25, 0.3) is 0 Å². The van der Waals surface area contributed by atoms with Gasteiger partial charge in [-0.05, 0) is 13.8 Å². The second kappa shape index (κ2) is 11.5.